The molecule has 3 nitrogen and oxygen atoms in total. The number of nitrogens with two attached hydrogens (primary N) is 1. The van der Waals surface area contributed by atoms with Gasteiger partial charge in [0.25, 0.3) is 0 Å². The van der Waals surface area contributed by atoms with E-state index in [1.165, 1.54) is 26.4 Å². The lowest BCUT2D eigenvalue weighted by Crippen LogP contribution is -2.46. The van der Waals surface area contributed by atoms with Crippen LogP contribution < -0.4 is 5.73 Å². The summed E-state index contributed by atoms with van der Waals surface area (Å²) in [7, 11) is 1.47. The van der Waals surface area contributed by atoms with E-state index in [-0.39, 0.29) is 17.4 Å². The first-order chi connectivity index (χ1) is 9.31. The Morgan fingerprint density at radius 3 is 2.30 bits per heavy atom. The van der Waals surface area contributed by atoms with Crippen molar-refractivity contribution in [1.29, 1.82) is 0 Å². The number of carbonyl (C=O) groups excluding carboxylic acids is 1. The van der Waals surface area contributed by atoms with Gasteiger partial charge in [-0.05, 0) is 48.9 Å². The molecule has 2 N–H and O–H groups in total. The van der Waals surface area contributed by atoms with Crippen molar-refractivity contribution in [2.75, 3.05) is 7.11 Å². The van der Waals surface area contributed by atoms with Gasteiger partial charge in [0.2, 0.25) is 0 Å². The van der Waals surface area contributed by atoms with E-state index < -0.39 is 0 Å². The molecule has 0 amide bonds. The van der Waals surface area contributed by atoms with Crippen molar-refractivity contribution in [3.05, 3.63) is 0 Å². The summed E-state index contributed by atoms with van der Waals surface area (Å²) >= 11 is 0. The Labute approximate surface area is 124 Å². The van der Waals surface area contributed by atoms with Crippen molar-refractivity contribution >= 4 is 5.97 Å². The molecular weight excluding hydrogens is 250 g/mol. The number of esters is 1. The summed E-state index contributed by atoms with van der Waals surface area (Å²) in [6.45, 7) is 9.12. The summed E-state index contributed by atoms with van der Waals surface area (Å²) in [6.07, 6.45) is 7.12. The molecule has 118 valence electrons. The van der Waals surface area contributed by atoms with Crippen LogP contribution in [0, 0.1) is 16.7 Å². The lowest BCUT2D eigenvalue weighted by molar-refractivity contribution is -0.145. The highest BCUT2D eigenvalue weighted by atomic mass is 16.5. The quantitative estimate of drug-likeness (QED) is 0.752. The number of hydrogen-bond acceptors (Lipinski definition) is 3. The molecule has 1 aliphatic carbocycles. The third kappa shape index (κ3) is 3.75. The van der Waals surface area contributed by atoms with Crippen LogP contribution in [0.2, 0.25) is 0 Å². The smallest absolute Gasteiger partial charge is 0.306 e. The first-order valence-electron chi connectivity index (χ1n) is 8.13. The van der Waals surface area contributed by atoms with Gasteiger partial charge in [-0.2, -0.15) is 0 Å². The van der Waals surface area contributed by atoms with Crippen molar-refractivity contribution in [3.8, 4) is 0 Å². The molecule has 0 aromatic carbocycles. The minimum Gasteiger partial charge on any atom is -0.469 e. The molecule has 20 heavy (non-hydrogen) atoms. The Bertz CT molecular complexity index is 317. The average Bonchev–Trinajstić information content (AvgIpc) is 2.46. The maximum absolute atomic E-state index is 11.8. The molecule has 1 saturated carbocycles. The molecule has 1 fully saturated rings. The van der Waals surface area contributed by atoms with E-state index in [1.807, 2.05) is 0 Å². The zero-order chi connectivity index (χ0) is 15.4. The fourth-order valence-electron chi connectivity index (χ4n) is 3.73. The molecule has 1 aliphatic rings. The van der Waals surface area contributed by atoms with Crippen molar-refractivity contribution in [1.82, 2.24) is 0 Å². The summed E-state index contributed by atoms with van der Waals surface area (Å²) in [6, 6.07) is 0.104. The highest BCUT2D eigenvalue weighted by molar-refractivity contribution is 5.70. The number of methoxy groups -OCH3 is 1. The minimum atomic E-state index is -0.109. The van der Waals surface area contributed by atoms with Crippen molar-refractivity contribution in [2.24, 2.45) is 22.5 Å². The van der Waals surface area contributed by atoms with Gasteiger partial charge in [0.15, 0.2) is 0 Å². The zero-order valence-corrected chi connectivity index (χ0v) is 14.0. The SMILES string of the molecule is CCC(N)C1(CC(=O)OC)CCC(C(C)(C)CC)CC1. The number of carbonyl (C=O) groups is 1. The normalized spacial score (nSPS) is 29.0. The zero-order valence-electron chi connectivity index (χ0n) is 14.0. The van der Waals surface area contributed by atoms with E-state index >= 15 is 0 Å². The summed E-state index contributed by atoms with van der Waals surface area (Å²) in [4.78, 5) is 11.8. The van der Waals surface area contributed by atoms with Crippen LogP contribution in [-0.4, -0.2) is 19.1 Å². The Balaban J connectivity index is 2.79. The lowest BCUT2D eigenvalue weighted by Gasteiger charge is -2.47. The van der Waals surface area contributed by atoms with Crippen LogP contribution in [0.25, 0.3) is 0 Å². The summed E-state index contributed by atoms with van der Waals surface area (Å²) in [5, 5.41) is 0. The minimum absolute atomic E-state index is 0.0395. The molecule has 0 radical (unpaired) electrons. The Kier molecular flexibility index (Phi) is 6.06. The van der Waals surface area contributed by atoms with Gasteiger partial charge in [-0.15, -0.1) is 0 Å². The van der Waals surface area contributed by atoms with Crippen molar-refractivity contribution in [2.45, 2.75) is 78.7 Å². The molecule has 1 rings (SSSR count). The fraction of sp³-hybridized carbons (Fsp3) is 0.941. The van der Waals surface area contributed by atoms with Crippen LogP contribution in [0.1, 0.15) is 72.6 Å². The standard InChI is InChI=1S/C17H33NO2/c1-6-14(18)17(12-15(19)20-5)10-8-13(9-11-17)16(3,4)7-2/h13-14H,6-12,18H2,1-5H3. The number of rotatable bonds is 6. The highest BCUT2D eigenvalue weighted by Crippen LogP contribution is 2.50. The molecule has 0 aromatic heterocycles. The molecule has 0 bridgehead atoms. The first kappa shape index (κ1) is 17.5. The van der Waals surface area contributed by atoms with E-state index in [4.69, 9.17) is 10.5 Å². The molecule has 0 spiro atoms. The lowest BCUT2D eigenvalue weighted by atomic mass is 9.59. The second-order valence-corrected chi connectivity index (χ2v) is 7.25. The van der Waals surface area contributed by atoms with Crippen LogP contribution >= 0.6 is 0 Å². The number of hydrogen-bond donors (Lipinski definition) is 1. The third-order valence-corrected chi connectivity index (χ3v) is 5.95. The Hall–Kier alpha value is -0.570. The summed E-state index contributed by atoms with van der Waals surface area (Å²) in [5.74, 6) is 0.643. The molecule has 1 atom stereocenters. The van der Waals surface area contributed by atoms with Gasteiger partial charge in [-0.25, -0.2) is 0 Å². The van der Waals surface area contributed by atoms with E-state index in [0.29, 0.717) is 11.8 Å². The van der Waals surface area contributed by atoms with Gasteiger partial charge >= 0.3 is 5.97 Å². The summed E-state index contributed by atoms with van der Waals surface area (Å²) < 4.78 is 4.89. The van der Waals surface area contributed by atoms with E-state index in [0.717, 1.165) is 25.2 Å². The van der Waals surface area contributed by atoms with E-state index in [1.54, 1.807) is 0 Å². The maximum atomic E-state index is 11.8. The topological polar surface area (TPSA) is 52.3 Å². The van der Waals surface area contributed by atoms with Crippen molar-refractivity contribution in [3.63, 3.8) is 0 Å². The molecule has 0 heterocycles. The van der Waals surface area contributed by atoms with Crippen LogP contribution in [-0.2, 0) is 9.53 Å². The van der Waals surface area contributed by atoms with Crippen molar-refractivity contribution < 1.29 is 9.53 Å². The molecule has 0 aliphatic heterocycles. The van der Waals surface area contributed by atoms with Gasteiger partial charge in [-0.3, -0.25) is 4.79 Å². The van der Waals surface area contributed by atoms with E-state index in [2.05, 4.69) is 27.7 Å². The van der Waals surface area contributed by atoms with Crippen LogP contribution in [0.3, 0.4) is 0 Å². The van der Waals surface area contributed by atoms with Gasteiger partial charge in [0.05, 0.1) is 13.5 Å². The Morgan fingerprint density at radius 1 is 1.35 bits per heavy atom. The second kappa shape index (κ2) is 6.93. The molecule has 0 saturated heterocycles. The second-order valence-electron chi connectivity index (χ2n) is 7.25. The maximum Gasteiger partial charge on any atom is 0.306 e. The summed E-state index contributed by atoms with van der Waals surface area (Å²) in [5.41, 5.74) is 6.72. The van der Waals surface area contributed by atoms with Crippen LogP contribution in [0.15, 0.2) is 0 Å². The molecule has 3 heteroatoms. The van der Waals surface area contributed by atoms with Gasteiger partial charge in [0.1, 0.15) is 0 Å². The third-order valence-electron chi connectivity index (χ3n) is 5.95. The Morgan fingerprint density at radius 2 is 1.90 bits per heavy atom. The largest absolute Gasteiger partial charge is 0.469 e. The average molecular weight is 283 g/mol. The first-order valence-corrected chi connectivity index (χ1v) is 8.13. The van der Waals surface area contributed by atoms with Crippen LogP contribution in [0.4, 0.5) is 0 Å². The number of ether oxygens (including phenoxy) is 1. The highest BCUT2D eigenvalue weighted by Gasteiger charge is 2.44. The molecular formula is C17H33NO2. The van der Waals surface area contributed by atoms with Gasteiger partial charge in [0, 0.05) is 6.04 Å². The van der Waals surface area contributed by atoms with E-state index in [9.17, 15) is 4.79 Å². The predicted octanol–water partition coefficient (Wildman–Crippen LogP) is 3.90. The predicted molar refractivity (Wildman–Crippen MR) is 83.4 cm³/mol. The van der Waals surface area contributed by atoms with Crippen LogP contribution in [0.5, 0.6) is 0 Å². The molecule has 0 aromatic rings. The van der Waals surface area contributed by atoms with Gasteiger partial charge < -0.3 is 10.5 Å². The molecule has 1 unspecified atom stereocenters. The monoisotopic (exact) mass is 283 g/mol. The fourth-order valence-corrected chi connectivity index (χ4v) is 3.73. The van der Waals surface area contributed by atoms with Gasteiger partial charge in [-0.1, -0.05) is 34.1 Å².